The summed E-state index contributed by atoms with van der Waals surface area (Å²) in [5.41, 5.74) is 0.531. The molecule has 0 spiro atoms. The summed E-state index contributed by atoms with van der Waals surface area (Å²) in [4.78, 5) is 4.90. The summed E-state index contributed by atoms with van der Waals surface area (Å²) in [7, 11) is 0. The molecule has 0 aliphatic carbocycles. The highest BCUT2D eigenvalue weighted by molar-refractivity contribution is 6.30. The maximum absolute atomic E-state index is 9.42. The van der Waals surface area contributed by atoms with Crippen LogP contribution < -0.4 is 0 Å². The van der Waals surface area contributed by atoms with Gasteiger partial charge in [0.05, 0.1) is 6.21 Å². The van der Waals surface area contributed by atoms with Crippen molar-refractivity contribution in [2.24, 2.45) is 5.16 Å². The van der Waals surface area contributed by atoms with Crippen LogP contribution in [0.3, 0.4) is 0 Å². The fourth-order valence-electron chi connectivity index (χ4n) is 0.905. The molecule has 1 rings (SSSR count). The lowest BCUT2D eigenvalue weighted by Gasteiger charge is -1.98. The number of allylic oxidation sites excluding steroid dienone is 1. The van der Waals surface area contributed by atoms with Gasteiger partial charge in [0.15, 0.2) is 0 Å². The number of phenolic OH excluding ortho intramolecular Hbond substituents is 1. The van der Waals surface area contributed by atoms with Gasteiger partial charge >= 0.3 is 0 Å². The standard InChI is InChI=1S/C11H12ClNO2/c1-2-3-6-15-13-8-9-7-10(12)4-5-11(9)14/h2-5,7-8,14H,6H2,1H3. The number of hydrogen-bond acceptors (Lipinski definition) is 3. The molecule has 3 nitrogen and oxygen atoms in total. The molecule has 0 bridgehead atoms. The number of rotatable bonds is 4. The van der Waals surface area contributed by atoms with Crippen LogP contribution in [0.2, 0.25) is 5.02 Å². The molecule has 1 N–H and O–H groups in total. The molecular weight excluding hydrogens is 214 g/mol. The van der Waals surface area contributed by atoms with Crippen molar-refractivity contribution in [1.29, 1.82) is 0 Å². The lowest BCUT2D eigenvalue weighted by Crippen LogP contribution is -1.86. The fraction of sp³-hybridized carbons (Fsp3) is 0.182. The quantitative estimate of drug-likeness (QED) is 0.371. The highest BCUT2D eigenvalue weighted by atomic mass is 35.5. The molecule has 1 aromatic carbocycles. The van der Waals surface area contributed by atoms with Gasteiger partial charge in [0, 0.05) is 10.6 Å². The van der Waals surface area contributed by atoms with Crippen LogP contribution in [0.1, 0.15) is 12.5 Å². The highest BCUT2D eigenvalue weighted by Gasteiger charge is 1.98. The van der Waals surface area contributed by atoms with E-state index in [1.807, 2.05) is 19.1 Å². The zero-order valence-electron chi connectivity index (χ0n) is 8.35. The van der Waals surface area contributed by atoms with E-state index in [4.69, 9.17) is 16.4 Å². The molecule has 4 heteroatoms. The van der Waals surface area contributed by atoms with Crippen LogP contribution in [-0.2, 0) is 4.84 Å². The van der Waals surface area contributed by atoms with Crippen molar-refractivity contribution in [3.63, 3.8) is 0 Å². The molecule has 1 aromatic rings. The van der Waals surface area contributed by atoms with Crippen molar-refractivity contribution in [1.82, 2.24) is 0 Å². The average molecular weight is 226 g/mol. The zero-order chi connectivity index (χ0) is 11.1. The first-order valence-electron chi connectivity index (χ1n) is 4.49. The Hall–Kier alpha value is -1.48. The summed E-state index contributed by atoms with van der Waals surface area (Å²) in [6.07, 6.45) is 5.12. The summed E-state index contributed by atoms with van der Waals surface area (Å²) < 4.78 is 0. The number of benzene rings is 1. The summed E-state index contributed by atoms with van der Waals surface area (Å²) in [5.74, 6) is 0.123. The van der Waals surface area contributed by atoms with E-state index in [9.17, 15) is 5.11 Å². The minimum absolute atomic E-state index is 0.123. The van der Waals surface area contributed by atoms with Gasteiger partial charge in [0.2, 0.25) is 0 Å². The molecule has 0 radical (unpaired) electrons. The normalized spacial score (nSPS) is 11.3. The first kappa shape index (κ1) is 11.6. The van der Waals surface area contributed by atoms with E-state index in [0.29, 0.717) is 17.2 Å². The number of halogens is 1. The van der Waals surface area contributed by atoms with Gasteiger partial charge in [-0.2, -0.15) is 0 Å². The van der Waals surface area contributed by atoms with E-state index in [1.165, 1.54) is 12.3 Å². The Morgan fingerprint density at radius 3 is 3.07 bits per heavy atom. The van der Waals surface area contributed by atoms with Gasteiger partial charge in [-0.25, -0.2) is 0 Å². The largest absolute Gasteiger partial charge is 0.507 e. The summed E-state index contributed by atoms with van der Waals surface area (Å²) in [6, 6.07) is 4.73. The van der Waals surface area contributed by atoms with Crippen molar-refractivity contribution >= 4 is 17.8 Å². The molecule has 80 valence electrons. The van der Waals surface area contributed by atoms with Crippen LogP contribution in [0.25, 0.3) is 0 Å². The molecule has 0 fully saturated rings. The molecule has 0 amide bonds. The zero-order valence-corrected chi connectivity index (χ0v) is 9.11. The van der Waals surface area contributed by atoms with E-state index in [2.05, 4.69) is 5.16 Å². The van der Waals surface area contributed by atoms with Crippen LogP contribution in [0, 0.1) is 0 Å². The van der Waals surface area contributed by atoms with E-state index >= 15 is 0 Å². The summed E-state index contributed by atoms with van der Waals surface area (Å²) in [6.45, 7) is 2.31. The second kappa shape index (κ2) is 6.09. The molecule has 0 saturated carbocycles. The Labute approximate surface area is 93.6 Å². The van der Waals surface area contributed by atoms with Crippen molar-refractivity contribution in [3.05, 3.63) is 40.9 Å². The Kier molecular flexibility index (Phi) is 4.71. The summed E-state index contributed by atoms with van der Waals surface area (Å²) >= 11 is 5.75. The lowest BCUT2D eigenvalue weighted by molar-refractivity contribution is 0.176. The van der Waals surface area contributed by atoms with E-state index in [1.54, 1.807) is 12.1 Å². The predicted molar refractivity (Wildman–Crippen MR) is 61.5 cm³/mol. The second-order valence-electron chi connectivity index (χ2n) is 2.80. The van der Waals surface area contributed by atoms with Crippen LogP contribution >= 0.6 is 11.6 Å². The number of phenols is 1. The molecule has 0 aliphatic rings. The summed E-state index contributed by atoms with van der Waals surface area (Å²) in [5, 5.41) is 13.6. The van der Waals surface area contributed by atoms with Crippen molar-refractivity contribution in [2.45, 2.75) is 6.92 Å². The number of nitrogens with zero attached hydrogens (tertiary/aromatic N) is 1. The lowest BCUT2D eigenvalue weighted by atomic mass is 10.2. The first-order chi connectivity index (χ1) is 7.24. The van der Waals surface area contributed by atoms with E-state index in [0.717, 1.165) is 0 Å². The molecule has 0 aliphatic heterocycles. The Balaban J connectivity index is 2.59. The molecule has 0 atom stereocenters. The Bertz CT molecular complexity index is 375. The van der Waals surface area contributed by atoms with Crippen LogP contribution in [0.15, 0.2) is 35.5 Å². The number of oxime groups is 1. The van der Waals surface area contributed by atoms with Gasteiger partial charge in [-0.3, -0.25) is 0 Å². The Morgan fingerprint density at radius 1 is 1.53 bits per heavy atom. The van der Waals surface area contributed by atoms with Crippen LogP contribution in [-0.4, -0.2) is 17.9 Å². The average Bonchev–Trinajstić information content (AvgIpc) is 2.23. The SMILES string of the molecule is CC=CCON=Cc1cc(Cl)ccc1O. The van der Waals surface area contributed by atoms with Gasteiger partial charge in [-0.1, -0.05) is 22.8 Å². The topological polar surface area (TPSA) is 41.8 Å². The van der Waals surface area contributed by atoms with Crippen molar-refractivity contribution in [3.8, 4) is 5.75 Å². The van der Waals surface area contributed by atoms with Crippen molar-refractivity contribution < 1.29 is 9.94 Å². The maximum Gasteiger partial charge on any atom is 0.135 e. The van der Waals surface area contributed by atoms with Crippen molar-refractivity contribution in [2.75, 3.05) is 6.61 Å². The number of hydrogen-bond donors (Lipinski definition) is 1. The van der Waals surface area contributed by atoms with Crippen LogP contribution in [0.5, 0.6) is 5.75 Å². The minimum atomic E-state index is 0.123. The second-order valence-corrected chi connectivity index (χ2v) is 3.24. The monoisotopic (exact) mass is 225 g/mol. The van der Waals surface area contributed by atoms with Crippen LogP contribution in [0.4, 0.5) is 0 Å². The van der Waals surface area contributed by atoms with E-state index in [-0.39, 0.29) is 5.75 Å². The predicted octanol–water partition coefficient (Wildman–Crippen LogP) is 2.97. The third-order valence-corrected chi connectivity index (χ3v) is 1.90. The van der Waals surface area contributed by atoms with Gasteiger partial charge in [-0.15, -0.1) is 0 Å². The van der Waals surface area contributed by atoms with Gasteiger partial charge in [0.1, 0.15) is 12.4 Å². The molecule has 0 heterocycles. The number of aromatic hydroxyl groups is 1. The highest BCUT2D eigenvalue weighted by Crippen LogP contribution is 2.19. The molecule has 0 unspecified atom stereocenters. The third-order valence-electron chi connectivity index (χ3n) is 1.66. The first-order valence-corrected chi connectivity index (χ1v) is 4.87. The molecule has 0 aromatic heterocycles. The van der Waals surface area contributed by atoms with Gasteiger partial charge < -0.3 is 9.94 Å². The van der Waals surface area contributed by atoms with Gasteiger partial charge in [0.25, 0.3) is 0 Å². The smallest absolute Gasteiger partial charge is 0.135 e. The maximum atomic E-state index is 9.42. The molecule has 0 saturated heterocycles. The molecular formula is C11H12ClNO2. The minimum Gasteiger partial charge on any atom is -0.507 e. The van der Waals surface area contributed by atoms with Gasteiger partial charge in [-0.05, 0) is 31.2 Å². The van der Waals surface area contributed by atoms with E-state index < -0.39 is 0 Å². The third kappa shape index (κ3) is 4.04. The molecule has 15 heavy (non-hydrogen) atoms. The Morgan fingerprint density at radius 2 is 2.33 bits per heavy atom. The fourth-order valence-corrected chi connectivity index (χ4v) is 1.09.